The fourth-order valence-corrected chi connectivity index (χ4v) is 2.20. The molecule has 0 aromatic heterocycles. The fraction of sp³-hybridized carbons (Fsp3) is 0.900. The summed E-state index contributed by atoms with van der Waals surface area (Å²) in [4.78, 5) is 2.68. The minimum atomic E-state index is -0.613. The Morgan fingerprint density at radius 1 is 1.69 bits per heavy atom. The molecule has 1 fully saturated rings. The molecule has 0 bridgehead atoms. The van der Waals surface area contributed by atoms with Crippen LogP contribution < -0.4 is 5.32 Å². The van der Waals surface area contributed by atoms with Gasteiger partial charge in [-0.1, -0.05) is 18.0 Å². The molecule has 1 aliphatic carbocycles. The number of ether oxygens (including phenoxy) is 1. The lowest BCUT2D eigenvalue weighted by molar-refractivity contribution is 0.0135. The van der Waals surface area contributed by atoms with Crippen molar-refractivity contribution in [2.45, 2.75) is 37.3 Å². The third-order valence-corrected chi connectivity index (χ3v) is 3.04. The summed E-state index contributed by atoms with van der Waals surface area (Å²) in [5.41, 5.74) is 7.55. The van der Waals surface area contributed by atoms with Gasteiger partial charge in [-0.3, -0.25) is 5.32 Å². The van der Waals surface area contributed by atoms with Gasteiger partial charge in [-0.25, -0.2) is 0 Å². The Morgan fingerprint density at radius 2 is 2.50 bits per heavy atom. The van der Waals surface area contributed by atoms with Crippen LogP contribution in [0.25, 0.3) is 10.4 Å². The average Bonchev–Trinajstić information content (AvgIpc) is 2.35. The highest BCUT2D eigenvalue weighted by molar-refractivity contribution is 5.13. The number of nitriles is 1. The second-order valence-corrected chi connectivity index (χ2v) is 3.93. The molecular weight excluding hydrogens is 206 g/mol. The van der Waals surface area contributed by atoms with E-state index in [1.807, 2.05) is 0 Å². The van der Waals surface area contributed by atoms with Gasteiger partial charge in [0.1, 0.15) is 5.54 Å². The monoisotopic (exact) mass is 223 g/mol. The number of nitrogens with zero attached hydrogens (tertiary/aromatic N) is 4. The zero-order valence-electron chi connectivity index (χ0n) is 9.52. The van der Waals surface area contributed by atoms with Gasteiger partial charge in [0.2, 0.25) is 0 Å². The van der Waals surface area contributed by atoms with Gasteiger partial charge in [0.15, 0.2) is 0 Å². The summed E-state index contributed by atoms with van der Waals surface area (Å²) in [5.74, 6) is 0. The lowest BCUT2D eigenvalue weighted by atomic mass is 9.80. The standard InChI is InChI=1S/C10H17N5O/c1-16-9-4-2-3-5-10(9,8-11)13-6-7-14-15-12/h9,13H,2-7H2,1H3. The molecule has 2 atom stereocenters. The molecule has 0 spiro atoms. The van der Waals surface area contributed by atoms with Gasteiger partial charge < -0.3 is 4.74 Å². The van der Waals surface area contributed by atoms with Crippen molar-refractivity contribution in [3.8, 4) is 6.07 Å². The first-order valence-electron chi connectivity index (χ1n) is 5.49. The predicted molar refractivity (Wildman–Crippen MR) is 59.6 cm³/mol. The Morgan fingerprint density at radius 3 is 3.12 bits per heavy atom. The van der Waals surface area contributed by atoms with Gasteiger partial charge in [-0.2, -0.15) is 5.26 Å². The zero-order valence-corrected chi connectivity index (χ0v) is 9.52. The maximum Gasteiger partial charge on any atom is 0.133 e. The first-order chi connectivity index (χ1) is 7.79. The molecule has 1 saturated carbocycles. The highest BCUT2D eigenvalue weighted by atomic mass is 16.5. The molecule has 1 aliphatic rings. The largest absolute Gasteiger partial charge is 0.378 e. The normalized spacial score (nSPS) is 29.1. The van der Waals surface area contributed by atoms with Crippen LogP contribution in [0.15, 0.2) is 5.11 Å². The van der Waals surface area contributed by atoms with E-state index in [1.165, 1.54) is 0 Å². The van der Waals surface area contributed by atoms with Crippen molar-refractivity contribution < 1.29 is 4.74 Å². The van der Waals surface area contributed by atoms with Crippen molar-refractivity contribution in [3.05, 3.63) is 10.4 Å². The quantitative estimate of drug-likeness (QED) is 0.333. The molecule has 1 rings (SSSR count). The van der Waals surface area contributed by atoms with Crippen molar-refractivity contribution in [2.24, 2.45) is 5.11 Å². The number of azide groups is 1. The van der Waals surface area contributed by atoms with E-state index >= 15 is 0 Å². The molecule has 1 N–H and O–H groups in total. The highest BCUT2D eigenvalue weighted by Gasteiger charge is 2.40. The van der Waals surface area contributed by atoms with Crippen LogP contribution in [0, 0.1) is 11.3 Å². The Bertz CT molecular complexity index is 307. The predicted octanol–water partition coefficient (Wildman–Crippen LogP) is 1.74. The number of methoxy groups -OCH3 is 1. The van der Waals surface area contributed by atoms with Crippen molar-refractivity contribution in [2.75, 3.05) is 20.2 Å². The van der Waals surface area contributed by atoms with Crippen molar-refractivity contribution >= 4 is 0 Å². The Labute approximate surface area is 95.2 Å². The first-order valence-corrected chi connectivity index (χ1v) is 5.49. The second kappa shape index (κ2) is 6.33. The van der Waals surface area contributed by atoms with Crippen LogP contribution in [0.3, 0.4) is 0 Å². The molecule has 6 nitrogen and oxygen atoms in total. The van der Waals surface area contributed by atoms with E-state index in [1.54, 1.807) is 7.11 Å². The van der Waals surface area contributed by atoms with Crippen LogP contribution in [0.5, 0.6) is 0 Å². The van der Waals surface area contributed by atoms with Crippen LogP contribution in [-0.2, 0) is 4.74 Å². The first kappa shape index (κ1) is 12.8. The van der Waals surface area contributed by atoms with Gasteiger partial charge in [-0.05, 0) is 18.4 Å². The molecule has 0 aromatic rings. The SMILES string of the molecule is COC1CCCCC1(C#N)NCCN=[N+]=[N-]. The van der Waals surface area contributed by atoms with Gasteiger partial charge in [0.05, 0.1) is 12.2 Å². The molecule has 2 unspecified atom stereocenters. The summed E-state index contributed by atoms with van der Waals surface area (Å²) in [6.07, 6.45) is 3.75. The Hall–Kier alpha value is -1.28. The van der Waals surface area contributed by atoms with E-state index in [0.717, 1.165) is 25.7 Å². The summed E-state index contributed by atoms with van der Waals surface area (Å²) in [6, 6.07) is 2.32. The second-order valence-electron chi connectivity index (χ2n) is 3.93. The third-order valence-electron chi connectivity index (χ3n) is 3.04. The lowest BCUT2D eigenvalue weighted by Crippen LogP contribution is -2.56. The van der Waals surface area contributed by atoms with Gasteiger partial charge in [0, 0.05) is 25.1 Å². The molecule has 0 heterocycles. The number of nitrogens with one attached hydrogen (secondary N) is 1. The maximum absolute atomic E-state index is 9.30. The van der Waals surface area contributed by atoms with Crippen molar-refractivity contribution in [1.29, 1.82) is 5.26 Å². The van der Waals surface area contributed by atoms with Gasteiger partial charge in [0.25, 0.3) is 0 Å². The summed E-state index contributed by atoms with van der Waals surface area (Å²) in [5, 5.41) is 15.9. The van der Waals surface area contributed by atoms with Crippen LogP contribution >= 0.6 is 0 Å². The van der Waals surface area contributed by atoms with Crippen molar-refractivity contribution in [3.63, 3.8) is 0 Å². The summed E-state index contributed by atoms with van der Waals surface area (Å²) < 4.78 is 5.37. The minimum absolute atomic E-state index is 0.0719. The molecule has 16 heavy (non-hydrogen) atoms. The van der Waals surface area contributed by atoms with E-state index in [4.69, 9.17) is 10.3 Å². The van der Waals surface area contributed by atoms with E-state index in [-0.39, 0.29) is 6.10 Å². The third kappa shape index (κ3) is 2.86. The molecule has 88 valence electrons. The van der Waals surface area contributed by atoms with Crippen LogP contribution in [0.4, 0.5) is 0 Å². The number of hydrogen-bond acceptors (Lipinski definition) is 4. The van der Waals surface area contributed by atoms with Crippen LogP contribution in [-0.4, -0.2) is 31.8 Å². The fourth-order valence-electron chi connectivity index (χ4n) is 2.20. The molecule has 6 heteroatoms. The van der Waals surface area contributed by atoms with Crippen molar-refractivity contribution in [1.82, 2.24) is 5.32 Å². The molecule has 0 aromatic carbocycles. The van der Waals surface area contributed by atoms with Crippen LogP contribution in [0.2, 0.25) is 0 Å². The lowest BCUT2D eigenvalue weighted by Gasteiger charge is -2.38. The topological polar surface area (TPSA) is 93.8 Å². The van der Waals surface area contributed by atoms with Gasteiger partial charge >= 0.3 is 0 Å². The summed E-state index contributed by atoms with van der Waals surface area (Å²) >= 11 is 0. The van der Waals surface area contributed by atoms with Crippen LogP contribution in [0.1, 0.15) is 25.7 Å². The molecule has 0 saturated heterocycles. The van der Waals surface area contributed by atoms with E-state index in [2.05, 4.69) is 21.4 Å². The van der Waals surface area contributed by atoms with E-state index in [0.29, 0.717) is 13.1 Å². The molecule has 0 aliphatic heterocycles. The smallest absolute Gasteiger partial charge is 0.133 e. The molecular formula is C10H17N5O. The zero-order chi connectivity index (χ0) is 11.9. The van der Waals surface area contributed by atoms with E-state index < -0.39 is 5.54 Å². The summed E-state index contributed by atoms with van der Waals surface area (Å²) in [6.45, 7) is 0.869. The van der Waals surface area contributed by atoms with Gasteiger partial charge in [-0.15, -0.1) is 0 Å². The number of hydrogen-bond donors (Lipinski definition) is 1. The Balaban J connectivity index is 2.59. The average molecular weight is 223 g/mol. The highest BCUT2D eigenvalue weighted by Crippen LogP contribution is 2.29. The Kier molecular flexibility index (Phi) is 5.06. The summed E-state index contributed by atoms with van der Waals surface area (Å²) in [7, 11) is 1.64. The maximum atomic E-state index is 9.30. The molecule has 0 amide bonds. The molecule has 0 radical (unpaired) electrons. The van der Waals surface area contributed by atoms with E-state index in [9.17, 15) is 5.26 Å². The minimum Gasteiger partial charge on any atom is -0.378 e. The number of rotatable bonds is 5.